The summed E-state index contributed by atoms with van der Waals surface area (Å²) < 4.78 is 22.2. The van der Waals surface area contributed by atoms with Crippen LogP contribution in [0.3, 0.4) is 0 Å². The topological polar surface area (TPSA) is 90.3 Å². The number of fused-ring (bicyclic) bond motifs is 4. The second-order valence-electron chi connectivity index (χ2n) is 6.31. The molecule has 0 bridgehead atoms. The SMILES string of the molecule is OCCc1c(CO)nc2ccc3c(c2c1-c1ccc2c(c1)OCO2)OCO3. The Hall–Kier alpha value is -3.03. The van der Waals surface area contributed by atoms with Gasteiger partial charge in [0.2, 0.25) is 13.6 Å². The third kappa shape index (κ3) is 2.47. The summed E-state index contributed by atoms with van der Waals surface area (Å²) in [5, 5.41) is 20.3. The molecule has 0 atom stereocenters. The summed E-state index contributed by atoms with van der Waals surface area (Å²) in [4.78, 5) is 4.60. The molecule has 0 saturated carbocycles. The molecule has 138 valence electrons. The maximum atomic E-state index is 9.88. The van der Waals surface area contributed by atoms with Crippen LogP contribution in [0.1, 0.15) is 11.3 Å². The van der Waals surface area contributed by atoms with E-state index >= 15 is 0 Å². The van der Waals surface area contributed by atoms with Crippen molar-refractivity contribution in [3.63, 3.8) is 0 Å². The van der Waals surface area contributed by atoms with Gasteiger partial charge in [0.05, 0.1) is 23.2 Å². The Bertz CT molecular complexity index is 1050. The van der Waals surface area contributed by atoms with Crippen LogP contribution in [0.5, 0.6) is 23.0 Å². The predicted molar refractivity (Wildman–Crippen MR) is 96.1 cm³/mol. The summed E-state index contributed by atoms with van der Waals surface area (Å²) in [5.74, 6) is 2.62. The molecule has 2 N–H and O–H groups in total. The van der Waals surface area contributed by atoms with Crippen molar-refractivity contribution in [3.8, 4) is 34.1 Å². The lowest BCUT2D eigenvalue weighted by Gasteiger charge is -2.17. The zero-order valence-corrected chi connectivity index (χ0v) is 14.4. The number of benzene rings is 2. The quantitative estimate of drug-likeness (QED) is 0.732. The van der Waals surface area contributed by atoms with Crippen molar-refractivity contribution in [1.82, 2.24) is 4.98 Å². The van der Waals surface area contributed by atoms with Crippen molar-refractivity contribution in [3.05, 3.63) is 41.6 Å². The summed E-state index contributed by atoms with van der Waals surface area (Å²) in [5.41, 5.74) is 3.71. The molecule has 0 radical (unpaired) electrons. The van der Waals surface area contributed by atoms with Gasteiger partial charge in [0, 0.05) is 12.2 Å². The zero-order valence-electron chi connectivity index (χ0n) is 14.4. The Labute approximate surface area is 154 Å². The average Bonchev–Trinajstić information content (AvgIpc) is 3.36. The van der Waals surface area contributed by atoms with Gasteiger partial charge in [0.1, 0.15) is 0 Å². The van der Waals surface area contributed by atoms with E-state index in [1.54, 1.807) is 0 Å². The van der Waals surface area contributed by atoms with Crippen molar-refractivity contribution >= 4 is 10.9 Å². The average molecular weight is 367 g/mol. The van der Waals surface area contributed by atoms with E-state index in [-0.39, 0.29) is 26.8 Å². The Balaban J connectivity index is 1.87. The first-order chi connectivity index (χ1) is 13.3. The van der Waals surface area contributed by atoms with Crippen LogP contribution in [0, 0.1) is 0 Å². The van der Waals surface area contributed by atoms with Gasteiger partial charge in [-0.1, -0.05) is 6.07 Å². The van der Waals surface area contributed by atoms with Crippen molar-refractivity contribution in [1.29, 1.82) is 0 Å². The third-order valence-corrected chi connectivity index (χ3v) is 4.85. The molecular formula is C20H17NO6. The van der Waals surface area contributed by atoms with Gasteiger partial charge in [-0.3, -0.25) is 0 Å². The minimum Gasteiger partial charge on any atom is -0.454 e. The molecule has 0 amide bonds. The molecule has 0 saturated heterocycles. The lowest BCUT2D eigenvalue weighted by Crippen LogP contribution is -2.05. The minimum atomic E-state index is -0.225. The van der Waals surface area contributed by atoms with Gasteiger partial charge in [0.25, 0.3) is 0 Å². The molecule has 3 heterocycles. The van der Waals surface area contributed by atoms with Gasteiger partial charge in [-0.05, 0) is 41.8 Å². The van der Waals surface area contributed by atoms with Crippen LogP contribution in [-0.2, 0) is 13.0 Å². The molecule has 0 fully saturated rings. The lowest BCUT2D eigenvalue weighted by molar-refractivity contribution is 0.174. The second-order valence-corrected chi connectivity index (χ2v) is 6.31. The number of pyridine rings is 1. The van der Waals surface area contributed by atoms with Crippen molar-refractivity contribution in [2.75, 3.05) is 20.2 Å². The highest BCUT2D eigenvalue weighted by Crippen LogP contribution is 2.47. The first-order valence-electron chi connectivity index (χ1n) is 8.66. The van der Waals surface area contributed by atoms with Crippen LogP contribution in [-0.4, -0.2) is 35.4 Å². The highest BCUT2D eigenvalue weighted by Gasteiger charge is 2.25. The molecule has 7 heteroatoms. The molecule has 0 aliphatic carbocycles. The number of hydrogen-bond donors (Lipinski definition) is 2. The summed E-state index contributed by atoms with van der Waals surface area (Å²) >= 11 is 0. The second kappa shape index (κ2) is 6.29. The van der Waals surface area contributed by atoms with E-state index in [1.807, 2.05) is 30.3 Å². The molecule has 2 aromatic carbocycles. The minimum absolute atomic E-state index is 0.0654. The highest BCUT2D eigenvalue weighted by molar-refractivity contribution is 6.02. The molecule has 0 unspecified atom stereocenters. The molecule has 2 aliphatic heterocycles. The maximum absolute atomic E-state index is 9.88. The van der Waals surface area contributed by atoms with E-state index in [4.69, 9.17) is 18.9 Å². The van der Waals surface area contributed by atoms with E-state index in [2.05, 4.69) is 4.98 Å². The number of aromatic nitrogens is 1. The third-order valence-electron chi connectivity index (χ3n) is 4.85. The van der Waals surface area contributed by atoms with Crippen molar-refractivity contribution in [2.45, 2.75) is 13.0 Å². The zero-order chi connectivity index (χ0) is 18.4. The van der Waals surface area contributed by atoms with Gasteiger partial charge >= 0.3 is 0 Å². The fraction of sp³-hybridized carbons (Fsp3) is 0.250. The van der Waals surface area contributed by atoms with E-state index < -0.39 is 0 Å². The van der Waals surface area contributed by atoms with E-state index in [0.717, 1.165) is 22.1 Å². The monoisotopic (exact) mass is 367 g/mol. The number of ether oxygens (including phenoxy) is 4. The van der Waals surface area contributed by atoms with E-state index in [9.17, 15) is 10.2 Å². The summed E-state index contributed by atoms with van der Waals surface area (Å²) in [7, 11) is 0. The van der Waals surface area contributed by atoms with Crippen LogP contribution < -0.4 is 18.9 Å². The highest BCUT2D eigenvalue weighted by atomic mass is 16.7. The number of nitrogens with zero attached hydrogens (tertiary/aromatic N) is 1. The van der Waals surface area contributed by atoms with Gasteiger partial charge in [0.15, 0.2) is 23.0 Å². The van der Waals surface area contributed by atoms with Crippen LogP contribution in [0.4, 0.5) is 0 Å². The molecule has 5 rings (SSSR count). The lowest BCUT2D eigenvalue weighted by atomic mass is 9.91. The number of hydrogen-bond acceptors (Lipinski definition) is 7. The fourth-order valence-corrected chi connectivity index (χ4v) is 3.69. The standard InChI is InChI=1S/C20H17NO6/c22-6-5-12-14(8-23)21-13-2-4-16-20(27-10-25-16)19(13)18(12)11-1-3-15-17(7-11)26-9-24-15/h1-4,7,22-23H,5-6,8-10H2. The summed E-state index contributed by atoms with van der Waals surface area (Å²) in [6, 6.07) is 9.34. The van der Waals surface area contributed by atoms with E-state index in [0.29, 0.717) is 40.6 Å². The Morgan fingerprint density at radius 2 is 1.67 bits per heavy atom. The Kier molecular flexibility index (Phi) is 3.77. The summed E-state index contributed by atoms with van der Waals surface area (Å²) in [6.45, 7) is 0.0428. The normalized spacial score (nSPS) is 14.1. The first kappa shape index (κ1) is 16.2. The summed E-state index contributed by atoms with van der Waals surface area (Å²) in [6.07, 6.45) is 0.354. The molecular weight excluding hydrogens is 350 g/mol. The van der Waals surface area contributed by atoms with Crippen LogP contribution in [0.25, 0.3) is 22.0 Å². The predicted octanol–water partition coefficient (Wildman–Crippen LogP) is 2.39. The van der Waals surface area contributed by atoms with E-state index in [1.165, 1.54) is 0 Å². The van der Waals surface area contributed by atoms with Crippen LogP contribution in [0.2, 0.25) is 0 Å². The molecule has 27 heavy (non-hydrogen) atoms. The number of aliphatic hydroxyl groups excluding tert-OH is 2. The van der Waals surface area contributed by atoms with Crippen molar-refractivity contribution in [2.24, 2.45) is 0 Å². The molecule has 7 nitrogen and oxygen atoms in total. The van der Waals surface area contributed by atoms with Gasteiger partial charge in [-0.15, -0.1) is 0 Å². The number of aliphatic hydroxyl groups is 2. The first-order valence-corrected chi connectivity index (χ1v) is 8.66. The van der Waals surface area contributed by atoms with Crippen molar-refractivity contribution < 1.29 is 29.2 Å². The van der Waals surface area contributed by atoms with Gasteiger partial charge in [-0.25, -0.2) is 4.98 Å². The number of rotatable bonds is 4. The van der Waals surface area contributed by atoms with Gasteiger partial charge < -0.3 is 29.2 Å². The molecule has 1 aromatic heterocycles. The smallest absolute Gasteiger partial charge is 0.231 e. The largest absolute Gasteiger partial charge is 0.454 e. The Morgan fingerprint density at radius 3 is 2.52 bits per heavy atom. The van der Waals surface area contributed by atoms with Crippen LogP contribution >= 0.6 is 0 Å². The van der Waals surface area contributed by atoms with Crippen LogP contribution in [0.15, 0.2) is 30.3 Å². The Morgan fingerprint density at radius 1 is 0.889 bits per heavy atom. The fourth-order valence-electron chi connectivity index (χ4n) is 3.69. The maximum Gasteiger partial charge on any atom is 0.231 e. The molecule has 2 aliphatic rings. The van der Waals surface area contributed by atoms with Gasteiger partial charge in [-0.2, -0.15) is 0 Å². The molecule has 3 aromatic rings. The molecule has 0 spiro atoms.